The van der Waals surface area contributed by atoms with Gasteiger partial charge >= 0.3 is 0 Å². The number of amidine groups is 1. The van der Waals surface area contributed by atoms with Gasteiger partial charge in [0.25, 0.3) is 0 Å². The number of thioether (sulfide) groups is 1. The van der Waals surface area contributed by atoms with Crippen LogP contribution in [0.1, 0.15) is 22.3 Å². The summed E-state index contributed by atoms with van der Waals surface area (Å²) < 4.78 is 0. The van der Waals surface area contributed by atoms with Crippen molar-refractivity contribution >= 4 is 57.4 Å². The van der Waals surface area contributed by atoms with E-state index in [0.29, 0.717) is 16.4 Å². The van der Waals surface area contributed by atoms with Crippen LogP contribution in [0.15, 0.2) is 76.9 Å². The van der Waals surface area contributed by atoms with E-state index in [9.17, 15) is 19.5 Å². The van der Waals surface area contributed by atoms with Gasteiger partial charge in [-0.1, -0.05) is 72.4 Å². The van der Waals surface area contributed by atoms with E-state index in [1.165, 1.54) is 18.3 Å². The summed E-state index contributed by atoms with van der Waals surface area (Å²) in [5, 5.41) is 25.7. The largest absolute Gasteiger partial charge is 0.545 e. The Bertz CT molecular complexity index is 1250. The third-order valence-corrected chi connectivity index (χ3v) is 5.78. The highest BCUT2D eigenvalue weighted by Gasteiger charge is 2.32. The van der Waals surface area contributed by atoms with E-state index in [4.69, 9.17) is 0 Å². The maximum atomic E-state index is 12.5. The molecule has 3 aromatic carbocycles. The Kier molecular flexibility index (Phi) is 6.27. The van der Waals surface area contributed by atoms with Gasteiger partial charge in [-0.3, -0.25) is 9.59 Å². The third-order valence-electron chi connectivity index (χ3n) is 4.71. The molecule has 0 aliphatic carbocycles. The zero-order valence-electron chi connectivity index (χ0n) is 16.6. The van der Waals surface area contributed by atoms with Gasteiger partial charge in [-0.2, -0.15) is 5.10 Å². The fourth-order valence-corrected chi connectivity index (χ4v) is 4.07. The van der Waals surface area contributed by atoms with Crippen molar-refractivity contribution in [3.8, 4) is 0 Å². The van der Waals surface area contributed by atoms with Crippen LogP contribution >= 0.6 is 11.8 Å². The van der Waals surface area contributed by atoms with Gasteiger partial charge in [0.1, 0.15) is 5.25 Å². The minimum Gasteiger partial charge on any atom is -0.545 e. The number of carbonyl (C=O) groups excluding carboxylic acids is 3. The molecule has 1 heterocycles. The average Bonchev–Trinajstić information content (AvgIpc) is 3.13. The van der Waals surface area contributed by atoms with Crippen molar-refractivity contribution in [1.82, 2.24) is 5.32 Å². The van der Waals surface area contributed by atoms with E-state index in [-0.39, 0.29) is 23.8 Å². The summed E-state index contributed by atoms with van der Waals surface area (Å²) in [4.78, 5) is 35.5. The maximum Gasteiger partial charge on any atom is 0.240 e. The number of nitrogens with one attached hydrogen (secondary N) is 2. The van der Waals surface area contributed by atoms with Crippen LogP contribution in [-0.4, -0.2) is 34.4 Å². The summed E-state index contributed by atoms with van der Waals surface area (Å²) in [6.45, 7) is 0. The van der Waals surface area contributed by atoms with Crippen molar-refractivity contribution in [2.24, 2.45) is 10.2 Å². The Labute approximate surface area is 187 Å². The number of carbonyl (C=O) groups is 3. The lowest BCUT2D eigenvalue weighted by atomic mass is 10.1. The van der Waals surface area contributed by atoms with Crippen molar-refractivity contribution in [3.63, 3.8) is 0 Å². The van der Waals surface area contributed by atoms with Gasteiger partial charge < -0.3 is 20.5 Å². The lowest BCUT2D eigenvalue weighted by molar-refractivity contribution is -0.255. The Balaban J connectivity index is 1.36. The first-order valence-corrected chi connectivity index (χ1v) is 10.5. The monoisotopic (exact) mass is 445 g/mol. The van der Waals surface area contributed by atoms with Crippen molar-refractivity contribution in [3.05, 3.63) is 77.9 Å². The number of carboxylic acid groups (broad SMARTS) is 1. The Hall–Kier alpha value is -3.98. The molecule has 0 bridgehead atoms. The molecule has 1 fully saturated rings. The second-order valence-corrected chi connectivity index (χ2v) is 8.13. The Morgan fingerprint density at radius 2 is 1.81 bits per heavy atom. The van der Waals surface area contributed by atoms with Gasteiger partial charge in [0, 0.05) is 17.5 Å². The summed E-state index contributed by atoms with van der Waals surface area (Å²) in [6, 6.07) is 19.3. The number of rotatable bonds is 6. The lowest BCUT2D eigenvalue weighted by Gasteiger charge is -2.10. The van der Waals surface area contributed by atoms with Crippen molar-refractivity contribution in [1.29, 1.82) is 0 Å². The van der Waals surface area contributed by atoms with Gasteiger partial charge in [-0.25, -0.2) is 0 Å². The minimum atomic E-state index is -1.26. The highest BCUT2D eigenvalue weighted by molar-refractivity contribution is 8.15. The lowest BCUT2D eigenvalue weighted by Crippen LogP contribution is -2.28. The van der Waals surface area contributed by atoms with Gasteiger partial charge in [0.15, 0.2) is 5.17 Å². The first kappa shape index (κ1) is 21.3. The van der Waals surface area contributed by atoms with Crippen molar-refractivity contribution < 1.29 is 19.5 Å². The highest BCUT2D eigenvalue weighted by Crippen LogP contribution is 2.26. The van der Waals surface area contributed by atoms with E-state index in [2.05, 4.69) is 20.8 Å². The quantitative estimate of drug-likeness (QED) is 0.445. The second-order valence-electron chi connectivity index (χ2n) is 6.93. The zero-order valence-corrected chi connectivity index (χ0v) is 17.5. The van der Waals surface area contributed by atoms with Crippen LogP contribution in [-0.2, 0) is 9.59 Å². The van der Waals surface area contributed by atoms with Crippen LogP contribution in [0.3, 0.4) is 0 Å². The first-order valence-electron chi connectivity index (χ1n) is 9.67. The molecule has 9 heteroatoms. The number of benzene rings is 3. The molecule has 1 aliphatic rings. The molecule has 0 saturated carbocycles. The van der Waals surface area contributed by atoms with E-state index in [1.807, 2.05) is 42.5 Å². The van der Waals surface area contributed by atoms with Crippen LogP contribution < -0.4 is 15.7 Å². The molecule has 0 radical (unpaired) electrons. The SMILES string of the molecule is O=C(C[C@@H]1S/C(=N/N=C\c2ccc(C(=O)[O-])cc2)NC1=O)Nc1cccc2ccccc12. The van der Waals surface area contributed by atoms with Crippen molar-refractivity contribution in [2.45, 2.75) is 11.7 Å². The number of aromatic carboxylic acids is 1. The molecular weight excluding hydrogens is 428 g/mol. The molecule has 2 amide bonds. The molecule has 1 atom stereocenters. The van der Waals surface area contributed by atoms with Gasteiger partial charge in [-0.15, -0.1) is 5.10 Å². The number of amides is 2. The molecule has 32 heavy (non-hydrogen) atoms. The number of anilines is 1. The number of nitrogens with zero attached hydrogens (tertiary/aromatic N) is 2. The number of hydrogen-bond acceptors (Lipinski definition) is 7. The van der Waals surface area contributed by atoms with E-state index >= 15 is 0 Å². The summed E-state index contributed by atoms with van der Waals surface area (Å²) in [6.07, 6.45) is 1.42. The molecule has 0 aromatic heterocycles. The summed E-state index contributed by atoms with van der Waals surface area (Å²) in [5.74, 6) is -1.84. The molecule has 8 nitrogen and oxygen atoms in total. The van der Waals surface area contributed by atoms with Crippen LogP contribution in [0.2, 0.25) is 0 Å². The van der Waals surface area contributed by atoms with Crippen molar-refractivity contribution in [2.75, 3.05) is 5.32 Å². The van der Waals surface area contributed by atoms with E-state index in [0.717, 1.165) is 22.5 Å². The van der Waals surface area contributed by atoms with Gasteiger partial charge in [-0.05, 0) is 22.6 Å². The van der Waals surface area contributed by atoms with Crippen LogP contribution in [0.5, 0.6) is 0 Å². The Morgan fingerprint density at radius 1 is 1.06 bits per heavy atom. The van der Waals surface area contributed by atoms with E-state index < -0.39 is 11.2 Å². The normalized spacial score (nSPS) is 17.1. The molecule has 4 rings (SSSR count). The molecule has 0 unspecified atom stereocenters. The predicted octanol–water partition coefficient (Wildman–Crippen LogP) is 2.15. The molecule has 2 N–H and O–H groups in total. The number of fused-ring (bicyclic) bond motifs is 1. The summed E-state index contributed by atoms with van der Waals surface area (Å²) in [7, 11) is 0. The number of hydrogen-bond donors (Lipinski definition) is 2. The minimum absolute atomic E-state index is 0.00680. The van der Waals surface area contributed by atoms with Crippen LogP contribution in [0.25, 0.3) is 10.8 Å². The van der Waals surface area contributed by atoms with Crippen LogP contribution in [0, 0.1) is 0 Å². The third kappa shape index (κ3) is 5.01. The smallest absolute Gasteiger partial charge is 0.240 e. The molecule has 160 valence electrons. The summed E-state index contributed by atoms with van der Waals surface area (Å²) in [5.41, 5.74) is 1.40. The van der Waals surface area contributed by atoms with E-state index in [1.54, 1.807) is 12.1 Å². The van der Waals surface area contributed by atoms with Crippen LogP contribution in [0.4, 0.5) is 5.69 Å². The topological polar surface area (TPSA) is 123 Å². The predicted molar refractivity (Wildman–Crippen MR) is 123 cm³/mol. The van der Waals surface area contributed by atoms with Gasteiger partial charge in [0.05, 0.1) is 12.2 Å². The zero-order chi connectivity index (χ0) is 22.5. The molecule has 1 aliphatic heterocycles. The average molecular weight is 445 g/mol. The Morgan fingerprint density at radius 3 is 2.59 bits per heavy atom. The molecule has 0 spiro atoms. The number of carboxylic acids is 1. The molecular formula is C23H17N4O4S-. The first-order chi connectivity index (χ1) is 15.5. The highest BCUT2D eigenvalue weighted by atomic mass is 32.2. The fraction of sp³-hybridized carbons (Fsp3) is 0.0870. The molecule has 1 saturated heterocycles. The molecule has 3 aromatic rings. The summed E-state index contributed by atoms with van der Waals surface area (Å²) >= 11 is 1.13. The second kappa shape index (κ2) is 9.44. The van der Waals surface area contributed by atoms with Gasteiger partial charge in [0.2, 0.25) is 11.8 Å². The fourth-order valence-electron chi connectivity index (χ4n) is 3.14. The standard InChI is InChI=1S/C23H18N4O4S/c28-20(25-18-7-3-5-15-4-1-2-6-17(15)18)12-19-21(29)26-23(32-19)27-24-13-14-8-10-16(11-9-14)22(30)31/h1-11,13,19H,12H2,(H,25,28)(H,30,31)(H,26,27,29)/p-1/b24-13-/t19-/m0/s1. The maximum absolute atomic E-state index is 12.5.